The van der Waals surface area contributed by atoms with Crippen molar-refractivity contribution in [2.24, 2.45) is 0 Å². The molecule has 0 aromatic heterocycles. The van der Waals surface area contributed by atoms with Crippen molar-refractivity contribution in [3.05, 3.63) is 0 Å². The standard InChI is InChI=1S/C8H16N2/c1-5-8(6-2,7-9)10(3)4/h5-6H2,1-4H3. The Hall–Kier alpha value is -0.550. The number of rotatable bonds is 3. The van der Waals surface area contributed by atoms with Crippen molar-refractivity contribution in [2.45, 2.75) is 32.2 Å². The minimum atomic E-state index is -0.236. The van der Waals surface area contributed by atoms with E-state index in [4.69, 9.17) is 5.26 Å². The summed E-state index contributed by atoms with van der Waals surface area (Å²) >= 11 is 0. The summed E-state index contributed by atoms with van der Waals surface area (Å²) in [6, 6.07) is 2.34. The molecule has 0 radical (unpaired) electrons. The Bertz CT molecular complexity index is 129. The molecule has 0 unspecified atom stereocenters. The van der Waals surface area contributed by atoms with Gasteiger partial charge in [0.2, 0.25) is 0 Å². The van der Waals surface area contributed by atoms with Gasteiger partial charge in [-0.2, -0.15) is 5.26 Å². The zero-order valence-electron chi connectivity index (χ0n) is 7.31. The van der Waals surface area contributed by atoms with Gasteiger partial charge >= 0.3 is 0 Å². The first-order chi connectivity index (χ1) is 4.63. The van der Waals surface area contributed by atoms with E-state index in [-0.39, 0.29) is 5.54 Å². The highest BCUT2D eigenvalue weighted by Crippen LogP contribution is 2.19. The van der Waals surface area contributed by atoms with E-state index in [1.165, 1.54) is 0 Å². The molecule has 0 rings (SSSR count). The third kappa shape index (κ3) is 1.48. The molecule has 0 saturated carbocycles. The van der Waals surface area contributed by atoms with Gasteiger partial charge in [0, 0.05) is 0 Å². The molecule has 0 N–H and O–H groups in total. The Balaban J connectivity index is 4.35. The van der Waals surface area contributed by atoms with Crippen LogP contribution in [0.3, 0.4) is 0 Å². The highest BCUT2D eigenvalue weighted by Gasteiger charge is 2.27. The van der Waals surface area contributed by atoms with Gasteiger partial charge in [0.25, 0.3) is 0 Å². The fourth-order valence-corrected chi connectivity index (χ4v) is 1.14. The molecule has 0 aliphatic heterocycles. The lowest BCUT2D eigenvalue weighted by molar-refractivity contribution is 0.202. The third-order valence-electron chi connectivity index (χ3n) is 2.23. The van der Waals surface area contributed by atoms with Gasteiger partial charge in [0.1, 0.15) is 5.54 Å². The van der Waals surface area contributed by atoms with Gasteiger partial charge in [-0.25, -0.2) is 0 Å². The van der Waals surface area contributed by atoms with Crippen LogP contribution in [0.2, 0.25) is 0 Å². The quantitative estimate of drug-likeness (QED) is 0.595. The fourth-order valence-electron chi connectivity index (χ4n) is 1.14. The van der Waals surface area contributed by atoms with Crippen molar-refractivity contribution < 1.29 is 0 Å². The first-order valence-corrected chi connectivity index (χ1v) is 3.71. The smallest absolute Gasteiger partial charge is 0.108 e. The molecule has 0 aliphatic carbocycles. The van der Waals surface area contributed by atoms with Gasteiger partial charge in [-0.1, -0.05) is 13.8 Å². The second-order valence-corrected chi connectivity index (χ2v) is 2.74. The van der Waals surface area contributed by atoms with E-state index in [0.717, 1.165) is 12.8 Å². The first-order valence-electron chi connectivity index (χ1n) is 3.71. The van der Waals surface area contributed by atoms with Crippen LogP contribution in [0.25, 0.3) is 0 Å². The van der Waals surface area contributed by atoms with Crippen LogP contribution in [0.5, 0.6) is 0 Å². The van der Waals surface area contributed by atoms with Gasteiger partial charge in [-0.3, -0.25) is 4.90 Å². The topological polar surface area (TPSA) is 27.0 Å². The molecule has 0 heterocycles. The van der Waals surface area contributed by atoms with E-state index in [9.17, 15) is 0 Å². The minimum Gasteiger partial charge on any atom is -0.292 e. The Labute approximate surface area is 63.4 Å². The Kier molecular flexibility index (Phi) is 3.38. The fraction of sp³-hybridized carbons (Fsp3) is 0.875. The van der Waals surface area contributed by atoms with Crippen LogP contribution in [0.1, 0.15) is 26.7 Å². The molecule has 2 heteroatoms. The maximum atomic E-state index is 8.86. The van der Waals surface area contributed by atoms with Gasteiger partial charge < -0.3 is 0 Å². The van der Waals surface area contributed by atoms with Crippen LogP contribution in [0, 0.1) is 11.3 Å². The van der Waals surface area contributed by atoms with Crippen molar-refractivity contribution in [1.29, 1.82) is 5.26 Å². The maximum Gasteiger partial charge on any atom is 0.108 e. The Morgan fingerprint density at radius 1 is 1.30 bits per heavy atom. The van der Waals surface area contributed by atoms with Crippen molar-refractivity contribution in [1.82, 2.24) is 4.90 Å². The lowest BCUT2D eigenvalue weighted by Gasteiger charge is -2.30. The summed E-state index contributed by atoms with van der Waals surface area (Å²) in [7, 11) is 3.91. The molecule has 0 aliphatic rings. The molecule has 0 fully saturated rings. The van der Waals surface area contributed by atoms with Crippen molar-refractivity contribution in [3.8, 4) is 6.07 Å². The predicted molar refractivity (Wildman–Crippen MR) is 42.6 cm³/mol. The molecule has 0 bridgehead atoms. The monoisotopic (exact) mass is 140 g/mol. The van der Waals surface area contributed by atoms with E-state index in [1.807, 2.05) is 32.8 Å². The van der Waals surface area contributed by atoms with E-state index < -0.39 is 0 Å². The van der Waals surface area contributed by atoms with E-state index in [0.29, 0.717) is 0 Å². The zero-order valence-corrected chi connectivity index (χ0v) is 7.31. The van der Waals surface area contributed by atoms with Crippen LogP contribution in [-0.4, -0.2) is 24.5 Å². The highest BCUT2D eigenvalue weighted by atomic mass is 15.1. The van der Waals surface area contributed by atoms with Crippen molar-refractivity contribution in [2.75, 3.05) is 14.1 Å². The summed E-state index contributed by atoms with van der Waals surface area (Å²) in [5.74, 6) is 0. The lowest BCUT2D eigenvalue weighted by atomic mass is 9.94. The molecule has 0 saturated heterocycles. The lowest BCUT2D eigenvalue weighted by Crippen LogP contribution is -2.41. The SMILES string of the molecule is CCC(C#N)(CC)N(C)C. The maximum absolute atomic E-state index is 8.86. The summed E-state index contributed by atoms with van der Waals surface area (Å²) < 4.78 is 0. The Morgan fingerprint density at radius 3 is 1.70 bits per heavy atom. The van der Waals surface area contributed by atoms with E-state index in [2.05, 4.69) is 6.07 Å². The molecular weight excluding hydrogens is 124 g/mol. The van der Waals surface area contributed by atoms with Crippen molar-refractivity contribution in [3.63, 3.8) is 0 Å². The van der Waals surface area contributed by atoms with Crippen molar-refractivity contribution >= 4 is 0 Å². The molecule has 0 atom stereocenters. The number of nitriles is 1. The minimum absolute atomic E-state index is 0.236. The molecule has 2 nitrogen and oxygen atoms in total. The highest BCUT2D eigenvalue weighted by molar-refractivity contribution is 5.05. The molecular formula is C8H16N2. The number of hydrogen-bond donors (Lipinski definition) is 0. The van der Waals surface area contributed by atoms with Gasteiger partial charge in [-0.15, -0.1) is 0 Å². The molecule has 58 valence electrons. The average Bonchev–Trinajstić information content (AvgIpc) is 1.92. The van der Waals surface area contributed by atoms with Gasteiger partial charge in [0.15, 0.2) is 0 Å². The second-order valence-electron chi connectivity index (χ2n) is 2.74. The number of nitrogens with zero attached hydrogens (tertiary/aromatic N) is 2. The largest absolute Gasteiger partial charge is 0.292 e. The molecule has 0 aromatic rings. The van der Waals surface area contributed by atoms with Gasteiger partial charge in [-0.05, 0) is 26.9 Å². The van der Waals surface area contributed by atoms with E-state index >= 15 is 0 Å². The summed E-state index contributed by atoms with van der Waals surface area (Å²) in [5.41, 5.74) is -0.236. The second kappa shape index (κ2) is 3.58. The molecule has 10 heavy (non-hydrogen) atoms. The Morgan fingerprint density at radius 2 is 1.70 bits per heavy atom. The summed E-state index contributed by atoms with van der Waals surface area (Å²) in [4.78, 5) is 1.99. The van der Waals surface area contributed by atoms with Gasteiger partial charge in [0.05, 0.1) is 6.07 Å². The summed E-state index contributed by atoms with van der Waals surface area (Å²) in [6.07, 6.45) is 1.79. The predicted octanol–water partition coefficient (Wildman–Crippen LogP) is 1.63. The van der Waals surface area contributed by atoms with Crippen LogP contribution >= 0.6 is 0 Å². The van der Waals surface area contributed by atoms with Crippen LogP contribution in [-0.2, 0) is 0 Å². The average molecular weight is 140 g/mol. The van der Waals surface area contributed by atoms with Crippen LogP contribution < -0.4 is 0 Å². The summed E-state index contributed by atoms with van der Waals surface area (Å²) in [6.45, 7) is 4.10. The molecule has 0 aromatic carbocycles. The summed E-state index contributed by atoms with van der Waals surface area (Å²) in [5, 5.41) is 8.86. The van der Waals surface area contributed by atoms with Crippen LogP contribution in [0.15, 0.2) is 0 Å². The normalized spacial score (nSPS) is 11.6. The van der Waals surface area contributed by atoms with Crippen LogP contribution in [0.4, 0.5) is 0 Å². The first kappa shape index (κ1) is 9.45. The van der Waals surface area contributed by atoms with E-state index in [1.54, 1.807) is 0 Å². The number of hydrogen-bond acceptors (Lipinski definition) is 2. The zero-order chi connectivity index (χ0) is 8.20. The molecule has 0 amide bonds. The third-order valence-corrected chi connectivity index (χ3v) is 2.23. The molecule has 0 spiro atoms.